The third kappa shape index (κ3) is 3.26. The summed E-state index contributed by atoms with van der Waals surface area (Å²) in [6, 6.07) is 20.5. The third-order valence-corrected chi connectivity index (χ3v) is 4.44. The highest BCUT2D eigenvalue weighted by Crippen LogP contribution is 2.33. The standard InChI is InChI=1S/C19H21NO2/c21-14-19(22)18-13-20(11-15-7-3-1-4-8-15)12-17(18)16-9-5-2-6-10-16/h1-10,17-18,21H,11-14H2/t17-,18+/m1/s1. The molecule has 1 aliphatic heterocycles. The number of nitrogens with zero attached hydrogens (tertiary/aromatic N) is 1. The molecule has 3 nitrogen and oxygen atoms in total. The predicted molar refractivity (Wildman–Crippen MR) is 86.5 cm³/mol. The zero-order valence-electron chi connectivity index (χ0n) is 12.6. The summed E-state index contributed by atoms with van der Waals surface area (Å²) < 4.78 is 0. The van der Waals surface area contributed by atoms with Crippen LogP contribution < -0.4 is 0 Å². The second-order valence-electron chi connectivity index (χ2n) is 5.93. The van der Waals surface area contributed by atoms with Gasteiger partial charge in [-0.1, -0.05) is 60.7 Å². The summed E-state index contributed by atoms with van der Waals surface area (Å²) >= 11 is 0. The maximum Gasteiger partial charge on any atom is 0.163 e. The molecular formula is C19H21NO2. The number of aliphatic hydroxyl groups is 1. The summed E-state index contributed by atoms with van der Waals surface area (Å²) in [4.78, 5) is 14.4. The fourth-order valence-corrected chi connectivity index (χ4v) is 3.34. The van der Waals surface area contributed by atoms with Crippen LogP contribution in [0.25, 0.3) is 0 Å². The van der Waals surface area contributed by atoms with Gasteiger partial charge in [0.2, 0.25) is 0 Å². The minimum Gasteiger partial charge on any atom is -0.389 e. The van der Waals surface area contributed by atoms with Gasteiger partial charge in [-0.25, -0.2) is 0 Å². The van der Waals surface area contributed by atoms with Crippen LogP contribution in [0.1, 0.15) is 17.0 Å². The summed E-state index contributed by atoms with van der Waals surface area (Å²) in [7, 11) is 0. The molecule has 3 rings (SSSR count). The molecule has 0 amide bonds. The lowest BCUT2D eigenvalue weighted by molar-refractivity contribution is -0.125. The van der Waals surface area contributed by atoms with Gasteiger partial charge in [0.1, 0.15) is 6.61 Å². The van der Waals surface area contributed by atoms with Gasteiger partial charge >= 0.3 is 0 Å². The first-order chi connectivity index (χ1) is 10.8. The van der Waals surface area contributed by atoms with Gasteiger partial charge in [-0.2, -0.15) is 0 Å². The number of likely N-dealkylation sites (tertiary alicyclic amines) is 1. The lowest BCUT2D eigenvalue weighted by Crippen LogP contribution is -2.25. The summed E-state index contributed by atoms with van der Waals surface area (Å²) in [5.74, 6) is 0.00471. The molecule has 2 aromatic carbocycles. The van der Waals surface area contributed by atoms with Gasteiger partial charge in [0.05, 0.1) is 0 Å². The van der Waals surface area contributed by atoms with E-state index in [2.05, 4.69) is 29.2 Å². The zero-order chi connectivity index (χ0) is 15.4. The number of hydrogen-bond acceptors (Lipinski definition) is 3. The summed E-state index contributed by atoms with van der Waals surface area (Å²) in [5, 5.41) is 9.27. The van der Waals surface area contributed by atoms with Gasteiger partial charge in [-0.05, 0) is 11.1 Å². The smallest absolute Gasteiger partial charge is 0.163 e. The minimum atomic E-state index is -0.368. The normalized spacial score (nSPS) is 21.9. The largest absolute Gasteiger partial charge is 0.389 e. The lowest BCUT2D eigenvalue weighted by Gasteiger charge is -2.16. The van der Waals surface area contributed by atoms with E-state index in [1.54, 1.807) is 0 Å². The Morgan fingerprint density at radius 2 is 1.64 bits per heavy atom. The summed E-state index contributed by atoms with van der Waals surface area (Å²) in [6.45, 7) is 2.05. The van der Waals surface area contributed by atoms with Crippen molar-refractivity contribution < 1.29 is 9.90 Å². The molecule has 0 spiro atoms. The highest BCUT2D eigenvalue weighted by Gasteiger charge is 2.37. The van der Waals surface area contributed by atoms with Gasteiger partial charge in [-0.3, -0.25) is 9.69 Å². The monoisotopic (exact) mass is 295 g/mol. The second kappa shape index (κ2) is 6.86. The summed E-state index contributed by atoms with van der Waals surface area (Å²) in [6.07, 6.45) is 0. The molecule has 3 heteroatoms. The number of hydrogen-bond donors (Lipinski definition) is 1. The first-order valence-corrected chi connectivity index (χ1v) is 7.72. The number of Topliss-reactive ketones (excluding diaryl/α,β-unsaturated/α-hetero) is 1. The van der Waals surface area contributed by atoms with Crippen molar-refractivity contribution in [2.24, 2.45) is 5.92 Å². The van der Waals surface area contributed by atoms with Crippen molar-refractivity contribution in [2.75, 3.05) is 19.7 Å². The van der Waals surface area contributed by atoms with Crippen LogP contribution in [0, 0.1) is 5.92 Å². The van der Waals surface area contributed by atoms with Crippen molar-refractivity contribution in [3.8, 4) is 0 Å². The van der Waals surface area contributed by atoms with Crippen molar-refractivity contribution in [3.63, 3.8) is 0 Å². The van der Waals surface area contributed by atoms with Crippen LogP contribution >= 0.6 is 0 Å². The fraction of sp³-hybridized carbons (Fsp3) is 0.316. The van der Waals surface area contributed by atoms with Crippen molar-refractivity contribution in [1.29, 1.82) is 0 Å². The Morgan fingerprint density at radius 3 is 2.27 bits per heavy atom. The zero-order valence-corrected chi connectivity index (χ0v) is 12.6. The minimum absolute atomic E-state index is 0.0515. The molecule has 1 aliphatic rings. The van der Waals surface area contributed by atoms with Gasteiger partial charge in [0, 0.05) is 31.5 Å². The predicted octanol–water partition coefficient (Wildman–Crippen LogP) is 2.46. The SMILES string of the molecule is O=C(CO)[C@H]1CN(Cc2ccccc2)C[C@@H]1c1ccccc1. The number of benzene rings is 2. The van der Waals surface area contributed by atoms with Crippen LogP contribution in [-0.4, -0.2) is 35.5 Å². The van der Waals surface area contributed by atoms with Gasteiger partial charge in [0.25, 0.3) is 0 Å². The molecule has 1 fully saturated rings. The average molecular weight is 295 g/mol. The van der Waals surface area contributed by atoms with E-state index in [9.17, 15) is 9.90 Å². The van der Waals surface area contributed by atoms with Crippen LogP contribution in [0.4, 0.5) is 0 Å². The highest BCUT2D eigenvalue weighted by molar-refractivity contribution is 5.83. The second-order valence-corrected chi connectivity index (χ2v) is 5.93. The topological polar surface area (TPSA) is 40.5 Å². The molecule has 0 unspecified atom stereocenters. The molecule has 0 radical (unpaired) electrons. The van der Waals surface area contributed by atoms with E-state index >= 15 is 0 Å². The van der Waals surface area contributed by atoms with E-state index in [1.807, 2.05) is 36.4 Å². The van der Waals surface area contributed by atoms with E-state index < -0.39 is 0 Å². The molecule has 0 saturated carbocycles. The van der Waals surface area contributed by atoms with E-state index in [1.165, 1.54) is 11.1 Å². The average Bonchev–Trinajstić information content (AvgIpc) is 3.00. The number of aliphatic hydroxyl groups excluding tert-OH is 1. The molecule has 0 aliphatic carbocycles. The lowest BCUT2D eigenvalue weighted by atomic mass is 9.86. The number of carbonyl (C=O) groups is 1. The van der Waals surface area contributed by atoms with Crippen LogP contribution in [-0.2, 0) is 11.3 Å². The van der Waals surface area contributed by atoms with Crippen LogP contribution in [0.15, 0.2) is 60.7 Å². The number of ketones is 1. The first kappa shape index (κ1) is 14.9. The summed E-state index contributed by atoms with van der Waals surface area (Å²) in [5.41, 5.74) is 2.44. The van der Waals surface area contributed by atoms with Crippen molar-refractivity contribution in [3.05, 3.63) is 71.8 Å². The van der Waals surface area contributed by atoms with Gasteiger partial charge in [0.15, 0.2) is 5.78 Å². The molecule has 1 saturated heterocycles. The first-order valence-electron chi connectivity index (χ1n) is 7.72. The molecule has 0 bridgehead atoms. The molecule has 114 valence electrons. The molecular weight excluding hydrogens is 274 g/mol. The Hall–Kier alpha value is -1.97. The molecule has 1 N–H and O–H groups in total. The Bertz CT molecular complexity index is 612. The maximum absolute atomic E-state index is 12.1. The molecule has 1 heterocycles. The van der Waals surface area contributed by atoms with Crippen molar-refractivity contribution in [2.45, 2.75) is 12.5 Å². The van der Waals surface area contributed by atoms with Crippen molar-refractivity contribution >= 4 is 5.78 Å². The Morgan fingerprint density at radius 1 is 1.00 bits per heavy atom. The Kier molecular flexibility index (Phi) is 4.66. The van der Waals surface area contributed by atoms with E-state index in [4.69, 9.17) is 0 Å². The molecule has 0 aromatic heterocycles. The van der Waals surface area contributed by atoms with Crippen molar-refractivity contribution in [1.82, 2.24) is 4.90 Å². The third-order valence-electron chi connectivity index (χ3n) is 4.44. The maximum atomic E-state index is 12.1. The number of carbonyl (C=O) groups excluding carboxylic acids is 1. The quantitative estimate of drug-likeness (QED) is 0.921. The van der Waals surface area contributed by atoms with E-state index in [0.29, 0.717) is 6.54 Å². The fourth-order valence-electron chi connectivity index (χ4n) is 3.34. The van der Waals surface area contributed by atoms with Gasteiger partial charge < -0.3 is 5.11 Å². The van der Waals surface area contributed by atoms with E-state index in [-0.39, 0.29) is 24.2 Å². The van der Waals surface area contributed by atoms with Gasteiger partial charge in [-0.15, -0.1) is 0 Å². The van der Waals surface area contributed by atoms with Crippen LogP contribution in [0.3, 0.4) is 0 Å². The van der Waals surface area contributed by atoms with Crippen LogP contribution in [0.5, 0.6) is 0 Å². The number of rotatable bonds is 5. The molecule has 2 aromatic rings. The Labute approximate surface area is 131 Å². The van der Waals surface area contributed by atoms with Crippen LogP contribution in [0.2, 0.25) is 0 Å². The highest BCUT2D eigenvalue weighted by atomic mass is 16.3. The van der Waals surface area contributed by atoms with E-state index in [0.717, 1.165) is 13.1 Å². The Balaban J connectivity index is 1.78. The molecule has 22 heavy (non-hydrogen) atoms. The molecule has 2 atom stereocenters.